The largest absolute Gasteiger partial charge is 0.379 e. The van der Waals surface area contributed by atoms with Crippen molar-refractivity contribution in [3.63, 3.8) is 0 Å². The maximum atomic E-state index is 12.2. The minimum absolute atomic E-state index is 0.0908. The molecule has 0 atom stereocenters. The molecule has 1 aliphatic heterocycles. The SMILES string of the molecule is CN(Cc1ccc(Cl)s1)C(=O)NCc1ccc(CN2CCOCC2)cc1. The minimum Gasteiger partial charge on any atom is -0.379 e. The quantitative estimate of drug-likeness (QED) is 0.815. The molecule has 1 N–H and O–H groups in total. The van der Waals surface area contributed by atoms with Crippen molar-refractivity contribution in [3.8, 4) is 0 Å². The van der Waals surface area contributed by atoms with Crippen molar-refractivity contribution in [1.82, 2.24) is 15.1 Å². The normalized spacial score (nSPS) is 15.0. The zero-order chi connectivity index (χ0) is 18.4. The molecule has 0 bridgehead atoms. The van der Waals surface area contributed by atoms with Gasteiger partial charge >= 0.3 is 6.03 Å². The molecule has 1 aliphatic rings. The molecule has 0 unspecified atom stereocenters. The minimum atomic E-state index is -0.0908. The number of hydrogen-bond donors (Lipinski definition) is 1. The van der Waals surface area contributed by atoms with Crippen molar-refractivity contribution in [2.75, 3.05) is 33.4 Å². The number of amides is 2. The molecular formula is C19H24ClN3O2S. The Labute approximate surface area is 163 Å². The summed E-state index contributed by atoms with van der Waals surface area (Å²) < 4.78 is 6.12. The summed E-state index contributed by atoms with van der Waals surface area (Å²) >= 11 is 7.42. The fraction of sp³-hybridized carbons (Fsp3) is 0.421. The van der Waals surface area contributed by atoms with Crippen molar-refractivity contribution in [2.24, 2.45) is 0 Å². The Kier molecular flexibility index (Phi) is 6.91. The van der Waals surface area contributed by atoms with Crippen molar-refractivity contribution >= 4 is 29.0 Å². The second kappa shape index (κ2) is 9.37. The summed E-state index contributed by atoms with van der Waals surface area (Å²) in [6, 6.07) is 12.1. The molecule has 2 amide bonds. The Balaban J connectivity index is 1.44. The summed E-state index contributed by atoms with van der Waals surface area (Å²) in [6.07, 6.45) is 0. The van der Waals surface area contributed by atoms with E-state index in [1.807, 2.05) is 12.1 Å². The fourth-order valence-electron chi connectivity index (χ4n) is 2.83. The molecule has 0 saturated carbocycles. The molecule has 2 heterocycles. The first kappa shape index (κ1) is 19.2. The van der Waals surface area contributed by atoms with E-state index in [4.69, 9.17) is 16.3 Å². The van der Waals surface area contributed by atoms with E-state index in [1.165, 1.54) is 16.9 Å². The number of carbonyl (C=O) groups excluding carboxylic acids is 1. The average molecular weight is 394 g/mol. The van der Waals surface area contributed by atoms with E-state index in [0.717, 1.165) is 47.6 Å². The van der Waals surface area contributed by atoms with Crippen LogP contribution in [0.3, 0.4) is 0 Å². The highest BCUT2D eigenvalue weighted by Gasteiger charge is 2.12. The molecule has 140 valence electrons. The smallest absolute Gasteiger partial charge is 0.317 e. The number of hydrogen-bond acceptors (Lipinski definition) is 4. The Bertz CT molecular complexity index is 714. The van der Waals surface area contributed by atoms with Crippen LogP contribution in [0.2, 0.25) is 4.34 Å². The van der Waals surface area contributed by atoms with Crippen molar-refractivity contribution in [3.05, 3.63) is 56.7 Å². The van der Waals surface area contributed by atoms with Gasteiger partial charge in [0.25, 0.3) is 0 Å². The van der Waals surface area contributed by atoms with Gasteiger partial charge in [-0.25, -0.2) is 4.79 Å². The summed E-state index contributed by atoms with van der Waals surface area (Å²) in [6.45, 7) is 5.62. The summed E-state index contributed by atoms with van der Waals surface area (Å²) in [4.78, 5) is 17.4. The zero-order valence-electron chi connectivity index (χ0n) is 14.9. The van der Waals surface area contributed by atoms with Crippen LogP contribution in [-0.4, -0.2) is 49.2 Å². The lowest BCUT2D eigenvalue weighted by molar-refractivity contribution is 0.0342. The van der Waals surface area contributed by atoms with Crippen LogP contribution >= 0.6 is 22.9 Å². The molecule has 2 aromatic rings. The third-order valence-electron chi connectivity index (χ3n) is 4.35. The van der Waals surface area contributed by atoms with Gasteiger partial charge in [0.1, 0.15) is 0 Å². The number of morpholine rings is 1. The van der Waals surface area contributed by atoms with Gasteiger partial charge in [0.05, 0.1) is 24.1 Å². The van der Waals surface area contributed by atoms with Gasteiger partial charge in [0, 0.05) is 38.1 Å². The Hall–Kier alpha value is -1.60. The Morgan fingerprint density at radius 2 is 1.88 bits per heavy atom. The van der Waals surface area contributed by atoms with Crippen LogP contribution in [0.5, 0.6) is 0 Å². The van der Waals surface area contributed by atoms with E-state index in [2.05, 4.69) is 34.5 Å². The molecule has 7 heteroatoms. The molecule has 0 radical (unpaired) electrons. The molecule has 0 spiro atoms. The summed E-state index contributed by atoms with van der Waals surface area (Å²) in [5.41, 5.74) is 2.38. The first-order chi connectivity index (χ1) is 12.6. The van der Waals surface area contributed by atoms with E-state index < -0.39 is 0 Å². The predicted molar refractivity (Wildman–Crippen MR) is 106 cm³/mol. The second-order valence-corrected chi connectivity index (χ2v) is 8.23. The molecule has 3 rings (SSSR count). The molecule has 1 aromatic heterocycles. The summed E-state index contributed by atoms with van der Waals surface area (Å²) in [5.74, 6) is 0. The molecular weight excluding hydrogens is 370 g/mol. The molecule has 0 aliphatic carbocycles. The van der Waals surface area contributed by atoms with Crippen LogP contribution in [0.4, 0.5) is 4.79 Å². The molecule has 1 aromatic carbocycles. The average Bonchev–Trinajstić information content (AvgIpc) is 3.06. The van der Waals surface area contributed by atoms with Gasteiger partial charge in [0.15, 0.2) is 0 Å². The topological polar surface area (TPSA) is 44.8 Å². The van der Waals surface area contributed by atoms with E-state index in [9.17, 15) is 4.79 Å². The van der Waals surface area contributed by atoms with Crippen molar-refractivity contribution < 1.29 is 9.53 Å². The number of nitrogens with one attached hydrogen (secondary N) is 1. The van der Waals surface area contributed by atoms with Crippen LogP contribution in [0.1, 0.15) is 16.0 Å². The second-order valence-electron chi connectivity index (χ2n) is 6.43. The summed E-state index contributed by atoms with van der Waals surface area (Å²) in [5, 5.41) is 2.96. The van der Waals surface area contributed by atoms with E-state index in [-0.39, 0.29) is 6.03 Å². The predicted octanol–water partition coefficient (Wildman–Crippen LogP) is 3.58. The standard InChI is InChI=1S/C19H24ClN3O2S/c1-22(14-17-6-7-18(20)26-17)19(24)21-12-15-2-4-16(5-3-15)13-23-8-10-25-11-9-23/h2-7H,8-14H2,1H3,(H,21,24). The maximum absolute atomic E-state index is 12.2. The van der Waals surface area contributed by atoms with Crippen LogP contribution in [0.15, 0.2) is 36.4 Å². The van der Waals surface area contributed by atoms with Gasteiger partial charge in [-0.1, -0.05) is 35.9 Å². The first-order valence-electron chi connectivity index (χ1n) is 8.71. The first-order valence-corrected chi connectivity index (χ1v) is 9.91. The van der Waals surface area contributed by atoms with Gasteiger partial charge < -0.3 is 15.0 Å². The number of rotatable bonds is 6. The van der Waals surface area contributed by atoms with Gasteiger partial charge in [-0.05, 0) is 23.3 Å². The van der Waals surface area contributed by atoms with Crippen molar-refractivity contribution in [2.45, 2.75) is 19.6 Å². The van der Waals surface area contributed by atoms with Crippen LogP contribution < -0.4 is 5.32 Å². The highest BCUT2D eigenvalue weighted by molar-refractivity contribution is 7.16. The van der Waals surface area contributed by atoms with Crippen LogP contribution in [0.25, 0.3) is 0 Å². The van der Waals surface area contributed by atoms with Gasteiger partial charge in [-0.3, -0.25) is 4.90 Å². The summed E-state index contributed by atoms with van der Waals surface area (Å²) in [7, 11) is 1.79. The monoisotopic (exact) mass is 393 g/mol. The number of urea groups is 1. The van der Waals surface area contributed by atoms with Crippen LogP contribution in [0, 0.1) is 0 Å². The number of nitrogens with zero attached hydrogens (tertiary/aromatic N) is 2. The van der Waals surface area contributed by atoms with Gasteiger partial charge in [0.2, 0.25) is 0 Å². The maximum Gasteiger partial charge on any atom is 0.317 e. The third kappa shape index (κ3) is 5.71. The zero-order valence-corrected chi connectivity index (χ0v) is 16.5. The highest BCUT2D eigenvalue weighted by atomic mass is 35.5. The Morgan fingerprint density at radius 1 is 1.19 bits per heavy atom. The van der Waals surface area contributed by atoms with Crippen LogP contribution in [-0.2, 0) is 24.4 Å². The Morgan fingerprint density at radius 3 is 2.54 bits per heavy atom. The van der Waals surface area contributed by atoms with E-state index in [0.29, 0.717) is 13.1 Å². The van der Waals surface area contributed by atoms with Crippen molar-refractivity contribution in [1.29, 1.82) is 0 Å². The molecule has 1 saturated heterocycles. The highest BCUT2D eigenvalue weighted by Crippen LogP contribution is 2.22. The molecule has 5 nitrogen and oxygen atoms in total. The lowest BCUT2D eigenvalue weighted by Gasteiger charge is -2.26. The van der Waals surface area contributed by atoms with Gasteiger partial charge in [-0.2, -0.15) is 0 Å². The number of benzene rings is 1. The fourth-order valence-corrected chi connectivity index (χ4v) is 3.98. The number of carbonyl (C=O) groups is 1. The molecule has 26 heavy (non-hydrogen) atoms. The van der Waals surface area contributed by atoms with Gasteiger partial charge in [-0.15, -0.1) is 11.3 Å². The van der Waals surface area contributed by atoms with E-state index >= 15 is 0 Å². The lowest BCUT2D eigenvalue weighted by atomic mass is 10.1. The molecule has 1 fully saturated rings. The number of halogens is 1. The lowest BCUT2D eigenvalue weighted by Crippen LogP contribution is -2.36. The third-order valence-corrected chi connectivity index (χ3v) is 5.56. The number of ether oxygens (including phenoxy) is 1. The number of thiophene rings is 1. The van der Waals surface area contributed by atoms with E-state index in [1.54, 1.807) is 11.9 Å².